The number of rotatable bonds is 3. The number of nitrogens with two attached hydrogens (primary N) is 1. The zero-order valence-electron chi connectivity index (χ0n) is 9.72. The molecule has 1 aromatic heterocycles. The Morgan fingerprint density at radius 2 is 1.94 bits per heavy atom. The fourth-order valence-corrected chi connectivity index (χ4v) is 1.55. The van der Waals surface area contributed by atoms with Crippen LogP contribution >= 0.6 is 0 Å². The minimum Gasteiger partial charge on any atom is -0.322 e. The molecular weight excluding hydrogens is 198 g/mol. The van der Waals surface area contributed by atoms with Crippen LogP contribution in [0.1, 0.15) is 25.0 Å². The Morgan fingerprint density at radius 1 is 1.25 bits per heavy atom. The molecule has 2 N–H and O–H groups in total. The van der Waals surface area contributed by atoms with E-state index in [4.69, 9.17) is 5.73 Å². The molecule has 3 nitrogen and oxygen atoms in total. The summed E-state index contributed by atoms with van der Waals surface area (Å²) in [5, 5.41) is 4.31. The lowest BCUT2D eigenvalue weighted by Gasteiger charge is -2.15. The molecule has 0 atom stereocenters. The summed E-state index contributed by atoms with van der Waals surface area (Å²) in [6.45, 7) is 4.75. The molecule has 16 heavy (non-hydrogen) atoms. The van der Waals surface area contributed by atoms with Crippen LogP contribution in [-0.4, -0.2) is 9.78 Å². The zero-order valence-corrected chi connectivity index (χ0v) is 9.72. The topological polar surface area (TPSA) is 43.8 Å². The smallest absolute Gasteiger partial charge is 0.0659 e. The van der Waals surface area contributed by atoms with Crippen molar-refractivity contribution >= 4 is 0 Å². The molecule has 84 valence electrons. The quantitative estimate of drug-likeness (QED) is 0.852. The minimum absolute atomic E-state index is 0.324. The predicted octanol–water partition coefficient (Wildman–Crippen LogP) is 2.13. The van der Waals surface area contributed by atoms with Crippen molar-refractivity contribution in [3.63, 3.8) is 0 Å². The van der Waals surface area contributed by atoms with E-state index in [1.54, 1.807) is 0 Å². The Morgan fingerprint density at radius 3 is 2.50 bits per heavy atom. The van der Waals surface area contributed by atoms with Gasteiger partial charge >= 0.3 is 0 Å². The molecule has 0 aliphatic heterocycles. The van der Waals surface area contributed by atoms with Crippen LogP contribution in [0.15, 0.2) is 42.7 Å². The van der Waals surface area contributed by atoms with Gasteiger partial charge in [-0.05, 0) is 19.4 Å². The first-order chi connectivity index (χ1) is 7.55. The average molecular weight is 215 g/mol. The Balaban J connectivity index is 2.15. The first-order valence-electron chi connectivity index (χ1n) is 5.41. The predicted molar refractivity (Wildman–Crippen MR) is 65.0 cm³/mol. The number of hydrogen-bond donors (Lipinski definition) is 1. The van der Waals surface area contributed by atoms with Crippen molar-refractivity contribution in [1.82, 2.24) is 9.78 Å². The molecule has 0 aliphatic carbocycles. The number of hydrogen-bond acceptors (Lipinski definition) is 2. The molecule has 0 amide bonds. The third kappa shape index (κ3) is 2.49. The normalized spacial score (nSPS) is 11.7. The summed E-state index contributed by atoms with van der Waals surface area (Å²) in [5.41, 5.74) is 7.99. The standard InChI is InChI=1S/C13H17N3/c1-13(2,14)12-8-15-16(10-12)9-11-6-4-3-5-7-11/h3-8,10H,9,14H2,1-2H3. The Bertz CT molecular complexity index is 452. The van der Waals surface area contributed by atoms with E-state index in [1.165, 1.54) is 5.56 Å². The highest BCUT2D eigenvalue weighted by Gasteiger charge is 2.15. The highest BCUT2D eigenvalue weighted by molar-refractivity contribution is 5.18. The summed E-state index contributed by atoms with van der Waals surface area (Å²) in [6, 6.07) is 10.3. The molecule has 0 saturated carbocycles. The van der Waals surface area contributed by atoms with Crippen LogP contribution in [0.4, 0.5) is 0 Å². The van der Waals surface area contributed by atoms with E-state index < -0.39 is 0 Å². The van der Waals surface area contributed by atoms with Crippen LogP contribution in [0.5, 0.6) is 0 Å². The van der Waals surface area contributed by atoms with E-state index in [2.05, 4.69) is 17.2 Å². The lowest BCUT2D eigenvalue weighted by atomic mass is 10.00. The molecular formula is C13H17N3. The minimum atomic E-state index is -0.324. The first-order valence-corrected chi connectivity index (χ1v) is 5.41. The van der Waals surface area contributed by atoms with Crippen molar-refractivity contribution in [2.45, 2.75) is 25.9 Å². The van der Waals surface area contributed by atoms with Gasteiger partial charge in [-0.2, -0.15) is 5.10 Å². The van der Waals surface area contributed by atoms with Crippen molar-refractivity contribution < 1.29 is 0 Å². The van der Waals surface area contributed by atoms with E-state index in [1.807, 2.05) is 49.1 Å². The fourth-order valence-electron chi connectivity index (χ4n) is 1.55. The largest absolute Gasteiger partial charge is 0.322 e. The number of nitrogens with zero attached hydrogens (tertiary/aromatic N) is 2. The van der Waals surface area contributed by atoms with Gasteiger partial charge in [0.1, 0.15) is 0 Å². The molecule has 0 bridgehead atoms. The lowest BCUT2D eigenvalue weighted by Crippen LogP contribution is -2.28. The molecule has 2 aromatic rings. The van der Waals surface area contributed by atoms with Crippen molar-refractivity contribution in [1.29, 1.82) is 0 Å². The van der Waals surface area contributed by atoms with Gasteiger partial charge in [0, 0.05) is 17.3 Å². The molecule has 0 saturated heterocycles. The molecule has 0 aliphatic rings. The van der Waals surface area contributed by atoms with Gasteiger partial charge in [0.05, 0.1) is 12.7 Å². The van der Waals surface area contributed by atoms with Crippen LogP contribution < -0.4 is 5.73 Å². The van der Waals surface area contributed by atoms with Gasteiger partial charge < -0.3 is 5.73 Å². The van der Waals surface area contributed by atoms with Gasteiger partial charge in [0.2, 0.25) is 0 Å². The van der Waals surface area contributed by atoms with E-state index in [0.717, 1.165) is 12.1 Å². The molecule has 1 heterocycles. The van der Waals surface area contributed by atoms with E-state index in [0.29, 0.717) is 0 Å². The van der Waals surface area contributed by atoms with Crippen LogP contribution in [-0.2, 0) is 12.1 Å². The van der Waals surface area contributed by atoms with Gasteiger partial charge in [0.25, 0.3) is 0 Å². The van der Waals surface area contributed by atoms with Crippen LogP contribution in [0.3, 0.4) is 0 Å². The van der Waals surface area contributed by atoms with Crippen LogP contribution in [0, 0.1) is 0 Å². The molecule has 0 spiro atoms. The van der Waals surface area contributed by atoms with E-state index >= 15 is 0 Å². The Kier molecular flexibility index (Phi) is 2.79. The summed E-state index contributed by atoms with van der Waals surface area (Å²) in [7, 11) is 0. The second kappa shape index (κ2) is 4.10. The maximum atomic E-state index is 6.01. The molecule has 3 heteroatoms. The molecule has 0 radical (unpaired) electrons. The Labute approximate surface area is 95.9 Å². The van der Waals surface area contributed by atoms with Gasteiger partial charge in [-0.1, -0.05) is 30.3 Å². The third-order valence-electron chi connectivity index (χ3n) is 2.56. The zero-order chi connectivity index (χ0) is 11.6. The second-order valence-corrected chi connectivity index (χ2v) is 4.63. The highest BCUT2D eigenvalue weighted by atomic mass is 15.3. The van der Waals surface area contributed by atoms with Gasteiger partial charge in [0.15, 0.2) is 0 Å². The summed E-state index contributed by atoms with van der Waals surface area (Å²) in [6.07, 6.45) is 3.84. The number of aromatic nitrogens is 2. The molecule has 1 aromatic carbocycles. The molecule has 0 fully saturated rings. The van der Waals surface area contributed by atoms with Gasteiger partial charge in [-0.3, -0.25) is 4.68 Å². The summed E-state index contributed by atoms with van der Waals surface area (Å²) < 4.78 is 1.92. The summed E-state index contributed by atoms with van der Waals surface area (Å²) >= 11 is 0. The lowest BCUT2D eigenvalue weighted by molar-refractivity contribution is 0.553. The van der Waals surface area contributed by atoms with Crippen LogP contribution in [0.25, 0.3) is 0 Å². The van der Waals surface area contributed by atoms with Crippen molar-refractivity contribution in [2.24, 2.45) is 5.73 Å². The number of benzene rings is 1. The molecule has 0 unspecified atom stereocenters. The first kappa shape index (κ1) is 10.9. The van der Waals surface area contributed by atoms with Crippen molar-refractivity contribution in [2.75, 3.05) is 0 Å². The van der Waals surface area contributed by atoms with Crippen molar-refractivity contribution in [3.8, 4) is 0 Å². The van der Waals surface area contributed by atoms with Gasteiger partial charge in [-0.25, -0.2) is 0 Å². The maximum Gasteiger partial charge on any atom is 0.0659 e. The van der Waals surface area contributed by atoms with Crippen LogP contribution in [0.2, 0.25) is 0 Å². The van der Waals surface area contributed by atoms with E-state index in [-0.39, 0.29) is 5.54 Å². The maximum absolute atomic E-state index is 6.01. The second-order valence-electron chi connectivity index (χ2n) is 4.63. The Hall–Kier alpha value is -1.61. The van der Waals surface area contributed by atoms with E-state index in [9.17, 15) is 0 Å². The summed E-state index contributed by atoms with van der Waals surface area (Å²) in [4.78, 5) is 0. The fraction of sp³-hybridized carbons (Fsp3) is 0.308. The average Bonchev–Trinajstić information content (AvgIpc) is 2.67. The highest BCUT2D eigenvalue weighted by Crippen LogP contribution is 2.15. The summed E-state index contributed by atoms with van der Waals surface area (Å²) in [5.74, 6) is 0. The molecule has 2 rings (SSSR count). The third-order valence-corrected chi connectivity index (χ3v) is 2.56. The van der Waals surface area contributed by atoms with Gasteiger partial charge in [-0.15, -0.1) is 0 Å². The monoisotopic (exact) mass is 215 g/mol. The SMILES string of the molecule is CC(C)(N)c1cnn(Cc2ccccc2)c1. The van der Waals surface area contributed by atoms with Crippen molar-refractivity contribution in [3.05, 3.63) is 53.9 Å².